The molecule has 1 aromatic heterocycles. The van der Waals surface area contributed by atoms with E-state index in [4.69, 9.17) is 5.11 Å². The van der Waals surface area contributed by atoms with Crippen molar-refractivity contribution < 1.29 is 9.90 Å². The topological polar surface area (TPSA) is 49.3 Å². The summed E-state index contributed by atoms with van der Waals surface area (Å²) in [7, 11) is 0. The van der Waals surface area contributed by atoms with E-state index in [-0.39, 0.29) is 18.4 Å². The van der Waals surface area contributed by atoms with Gasteiger partial charge in [-0.3, -0.25) is 4.79 Å². The largest absolute Gasteiger partial charge is 0.396 e. The molecule has 0 bridgehead atoms. The van der Waals surface area contributed by atoms with E-state index in [2.05, 4.69) is 22.1 Å². The van der Waals surface area contributed by atoms with Gasteiger partial charge in [0.2, 0.25) is 5.91 Å². The molecule has 2 rings (SSSR count). The quantitative estimate of drug-likeness (QED) is 0.811. The number of carbonyl (C=O) groups excluding carboxylic acids is 1. The molecule has 2 N–H and O–H groups in total. The molecule has 3 nitrogen and oxygen atoms in total. The highest BCUT2D eigenvalue weighted by Gasteiger charge is 2.21. The van der Waals surface area contributed by atoms with Crippen molar-refractivity contribution in [3.8, 4) is 0 Å². The molecule has 0 aliphatic heterocycles. The van der Waals surface area contributed by atoms with Crippen LogP contribution in [0.1, 0.15) is 56.4 Å². The number of aliphatic hydroxyl groups is 1. The van der Waals surface area contributed by atoms with Gasteiger partial charge in [0, 0.05) is 19.1 Å². The molecule has 0 spiro atoms. The van der Waals surface area contributed by atoms with E-state index in [1.807, 2.05) is 0 Å². The summed E-state index contributed by atoms with van der Waals surface area (Å²) in [6.07, 6.45) is 7.46. The molecule has 4 heteroatoms. The van der Waals surface area contributed by atoms with E-state index in [9.17, 15) is 4.79 Å². The minimum absolute atomic E-state index is 0.205. The second kappa shape index (κ2) is 8.42. The van der Waals surface area contributed by atoms with Gasteiger partial charge < -0.3 is 10.4 Å². The summed E-state index contributed by atoms with van der Waals surface area (Å²) in [5.41, 5.74) is 1.29. The maximum absolute atomic E-state index is 12.1. The summed E-state index contributed by atoms with van der Waals surface area (Å²) < 4.78 is 0. The maximum atomic E-state index is 12.1. The van der Waals surface area contributed by atoms with Gasteiger partial charge in [0.1, 0.15) is 0 Å². The van der Waals surface area contributed by atoms with Crippen molar-refractivity contribution in [2.24, 2.45) is 5.92 Å². The lowest BCUT2D eigenvalue weighted by Gasteiger charge is -2.21. The molecule has 1 fully saturated rings. The smallest absolute Gasteiger partial charge is 0.223 e. The van der Waals surface area contributed by atoms with Crippen molar-refractivity contribution in [2.75, 3.05) is 13.2 Å². The van der Waals surface area contributed by atoms with Gasteiger partial charge in [-0.2, -0.15) is 11.3 Å². The first-order valence-corrected chi connectivity index (χ1v) is 8.66. The van der Waals surface area contributed by atoms with Crippen LogP contribution in [-0.4, -0.2) is 24.2 Å². The van der Waals surface area contributed by atoms with E-state index in [0.29, 0.717) is 5.92 Å². The monoisotopic (exact) mass is 295 g/mol. The number of hydrogen-bond donors (Lipinski definition) is 2. The normalized spacial score (nSPS) is 17.9. The zero-order valence-corrected chi connectivity index (χ0v) is 12.8. The predicted octanol–water partition coefficient (Wildman–Crippen LogP) is 3.30. The lowest BCUT2D eigenvalue weighted by Crippen LogP contribution is -2.33. The minimum atomic E-state index is 0.205. The van der Waals surface area contributed by atoms with E-state index in [0.717, 1.165) is 32.2 Å². The van der Waals surface area contributed by atoms with E-state index < -0.39 is 0 Å². The molecule has 1 saturated carbocycles. The Hall–Kier alpha value is -0.870. The van der Waals surface area contributed by atoms with E-state index in [1.54, 1.807) is 11.3 Å². The zero-order chi connectivity index (χ0) is 14.2. The number of carbonyl (C=O) groups is 1. The third kappa shape index (κ3) is 4.60. The van der Waals surface area contributed by atoms with Crippen molar-refractivity contribution in [3.63, 3.8) is 0 Å². The molecular formula is C16H25NO2S. The Kier molecular flexibility index (Phi) is 6.54. The minimum Gasteiger partial charge on any atom is -0.396 e. The van der Waals surface area contributed by atoms with Crippen molar-refractivity contribution >= 4 is 17.2 Å². The fourth-order valence-electron chi connectivity index (χ4n) is 3.02. The van der Waals surface area contributed by atoms with Crippen LogP contribution < -0.4 is 5.32 Å². The van der Waals surface area contributed by atoms with Crippen LogP contribution in [0.25, 0.3) is 0 Å². The number of thiophene rings is 1. The molecule has 1 aliphatic rings. The molecular weight excluding hydrogens is 270 g/mol. The van der Waals surface area contributed by atoms with Gasteiger partial charge in [-0.05, 0) is 54.0 Å². The summed E-state index contributed by atoms with van der Waals surface area (Å²) in [4.78, 5) is 12.1. The van der Waals surface area contributed by atoms with Crippen molar-refractivity contribution in [1.82, 2.24) is 5.32 Å². The number of hydrogen-bond acceptors (Lipinski definition) is 3. The highest BCUT2D eigenvalue weighted by Crippen LogP contribution is 2.26. The van der Waals surface area contributed by atoms with Crippen molar-refractivity contribution in [2.45, 2.75) is 50.9 Å². The van der Waals surface area contributed by atoms with Crippen LogP contribution in [-0.2, 0) is 4.79 Å². The third-order valence-corrected chi connectivity index (χ3v) is 4.96. The van der Waals surface area contributed by atoms with E-state index in [1.165, 1.54) is 24.8 Å². The van der Waals surface area contributed by atoms with Crippen molar-refractivity contribution in [3.05, 3.63) is 22.4 Å². The number of aliphatic hydroxyl groups excluding tert-OH is 1. The Morgan fingerprint density at radius 1 is 1.35 bits per heavy atom. The van der Waals surface area contributed by atoms with Gasteiger partial charge in [0.15, 0.2) is 0 Å². The first-order chi connectivity index (χ1) is 9.81. The van der Waals surface area contributed by atoms with Gasteiger partial charge in [0.05, 0.1) is 0 Å². The number of amides is 1. The van der Waals surface area contributed by atoms with Gasteiger partial charge in [-0.25, -0.2) is 0 Å². The standard InChI is InChI=1S/C16H25NO2S/c18-10-7-13(15-8-11-20-12-15)6-9-17-16(19)14-4-2-1-3-5-14/h8,11-14,18H,1-7,9-10H2,(H,17,19). The van der Waals surface area contributed by atoms with Gasteiger partial charge in [0.25, 0.3) is 0 Å². The molecule has 0 radical (unpaired) electrons. The van der Waals surface area contributed by atoms with Gasteiger partial charge >= 0.3 is 0 Å². The summed E-state index contributed by atoms with van der Waals surface area (Å²) >= 11 is 1.69. The highest BCUT2D eigenvalue weighted by molar-refractivity contribution is 7.07. The van der Waals surface area contributed by atoms with Gasteiger partial charge in [-0.1, -0.05) is 19.3 Å². The van der Waals surface area contributed by atoms with Gasteiger partial charge in [-0.15, -0.1) is 0 Å². The fraction of sp³-hybridized carbons (Fsp3) is 0.688. The second-order valence-electron chi connectivity index (χ2n) is 5.68. The van der Waals surface area contributed by atoms with Crippen molar-refractivity contribution in [1.29, 1.82) is 0 Å². The molecule has 1 aliphatic carbocycles. The van der Waals surface area contributed by atoms with E-state index >= 15 is 0 Å². The predicted molar refractivity (Wildman–Crippen MR) is 83.0 cm³/mol. The van der Waals surface area contributed by atoms with Crippen LogP contribution in [0.2, 0.25) is 0 Å². The molecule has 112 valence electrons. The molecule has 0 aromatic carbocycles. The molecule has 1 amide bonds. The average Bonchev–Trinajstić information content (AvgIpc) is 3.01. The Morgan fingerprint density at radius 3 is 2.80 bits per heavy atom. The average molecular weight is 295 g/mol. The Morgan fingerprint density at radius 2 is 2.15 bits per heavy atom. The molecule has 1 unspecified atom stereocenters. The molecule has 20 heavy (non-hydrogen) atoms. The molecule has 0 saturated heterocycles. The maximum Gasteiger partial charge on any atom is 0.223 e. The van der Waals surface area contributed by atoms with Crippen LogP contribution >= 0.6 is 11.3 Å². The summed E-state index contributed by atoms with van der Waals surface area (Å²) in [6.45, 7) is 0.924. The first-order valence-electron chi connectivity index (χ1n) is 7.72. The number of rotatable bonds is 7. The Bertz CT molecular complexity index is 385. The van der Waals surface area contributed by atoms with Crippen LogP contribution in [0.4, 0.5) is 0 Å². The highest BCUT2D eigenvalue weighted by atomic mass is 32.1. The summed E-state index contributed by atoms with van der Waals surface area (Å²) in [6, 6.07) is 2.12. The van der Waals surface area contributed by atoms with Crippen LogP contribution in [0.3, 0.4) is 0 Å². The fourth-order valence-corrected chi connectivity index (χ4v) is 3.76. The van der Waals surface area contributed by atoms with Crippen LogP contribution in [0.15, 0.2) is 16.8 Å². The number of nitrogens with one attached hydrogen (secondary N) is 1. The SMILES string of the molecule is O=C(NCCC(CCO)c1ccsc1)C1CCCCC1. The zero-order valence-electron chi connectivity index (χ0n) is 12.0. The lowest BCUT2D eigenvalue weighted by molar-refractivity contribution is -0.125. The molecule has 1 aromatic rings. The van der Waals surface area contributed by atoms with Crippen LogP contribution in [0, 0.1) is 5.92 Å². The molecule has 1 atom stereocenters. The molecule has 1 heterocycles. The Balaban J connectivity index is 1.74. The lowest BCUT2D eigenvalue weighted by atomic mass is 9.88. The Labute approximate surface area is 125 Å². The second-order valence-corrected chi connectivity index (χ2v) is 6.46. The summed E-state index contributed by atoms with van der Waals surface area (Å²) in [5.74, 6) is 0.830. The first kappa shape index (κ1) is 15.5. The van der Waals surface area contributed by atoms with Crippen LogP contribution in [0.5, 0.6) is 0 Å². The summed E-state index contributed by atoms with van der Waals surface area (Å²) in [5, 5.41) is 16.5. The third-order valence-electron chi connectivity index (χ3n) is 4.26.